The molecule has 11 heteroatoms. The van der Waals surface area contributed by atoms with Crippen LogP contribution in [0.2, 0.25) is 0 Å². The van der Waals surface area contributed by atoms with E-state index in [9.17, 15) is 22.8 Å². The van der Waals surface area contributed by atoms with Crippen LogP contribution in [0.5, 0.6) is 0 Å². The molecule has 1 spiro atoms. The van der Waals surface area contributed by atoms with E-state index in [1.807, 2.05) is 0 Å². The highest BCUT2D eigenvalue weighted by molar-refractivity contribution is 5.95. The molecule has 0 aromatic carbocycles. The molecular weight excluding hydrogens is 415 g/mol. The van der Waals surface area contributed by atoms with E-state index in [1.54, 1.807) is 24.4 Å². The second kappa shape index (κ2) is 7.71. The molecule has 4 rings (SSSR count). The van der Waals surface area contributed by atoms with E-state index in [2.05, 4.69) is 15.3 Å². The van der Waals surface area contributed by atoms with Gasteiger partial charge in [-0.25, -0.2) is 14.8 Å². The SMILES string of the molecule is Nc1cnc(C(F)(F)F)cc1NC(=O)C1CCC2(CC1)CN(c1ccccn1)C(=O)O2. The molecule has 0 radical (unpaired) electrons. The minimum Gasteiger partial charge on any atom is -0.441 e. The molecule has 3 heterocycles. The van der Waals surface area contributed by atoms with E-state index in [1.165, 1.54) is 4.90 Å². The number of nitrogens with one attached hydrogen (secondary N) is 1. The average Bonchev–Trinajstić information content (AvgIpc) is 3.05. The number of aromatic nitrogens is 2. The number of amides is 2. The number of pyridine rings is 2. The number of hydrogen-bond donors (Lipinski definition) is 2. The zero-order chi connectivity index (χ0) is 22.2. The first kappa shape index (κ1) is 20.9. The van der Waals surface area contributed by atoms with Crippen LogP contribution in [0, 0.1) is 5.92 Å². The molecule has 3 N–H and O–H groups in total. The molecule has 31 heavy (non-hydrogen) atoms. The summed E-state index contributed by atoms with van der Waals surface area (Å²) in [5, 5.41) is 2.48. The van der Waals surface area contributed by atoms with Crippen molar-refractivity contribution in [2.75, 3.05) is 22.5 Å². The highest BCUT2D eigenvalue weighted by Crippen LogP contribution is 2.41. The summed E-state index contributed by atoms with van der Waals surface area (Å²) in [5.74, 6) is -0.361. The maximum absolute atomic E-state index is 12.9. The normalized spacial score (nSPS) is 23.6. The fourth-order valence-corrected chi connectivity index (χ4v) is 3.94. The Morgan fingerprint density at radius 1 is 1.26 bits per heavy atom. The van der Waals surface area contributed by atoms with Gasteiger partial charge < -0.3 is 15.8 Å². The van der Waals surface area contributed by atoms with Gasteiger partial charge in [-0.05, 0) is 43.9 Å². The minimum absolute atomic E-state index is 0.0515. The molecule has 0 unspecified atom stereocenters. The lowest BCUT2D eigenvalue weighted by Crippen LogP contribution is -2.41. The predicted molar refractivity (Wildman–Crippen MR) is 105 cm³/mol. The first-order valence-electron chi connectivity index (χ1n) is 9.72. The Balaban J connectivity index is 1.39. The third-order valence-corrected chi connectivity index (χ3v) is 5.65. The van der Waals surface area contributed by atoms with Crippen molar-refractivity contribution < 1.29 is 27.5 Å². The second-order valence-corrected chi connectivity index (χ2v) is 7.74. The van der Waals surface area contributed by atoms with E-state index >= 15 is 0 Å². The summed E-state index contributed by atoms with van der Waals surface area (Å²) in [6, 6.07) is 5.96. The number of carbonyl (C=O) groups excluding carboxylic acids is 2. The quantitative estimate of drug-likeness (QED) is 0.762. The van der Waals surface area contributed by atoms with Crippen molar-refractivity contribution in [2.45, 2.75) is 37.5 Å². The van der Waals surface area contributed by atoms with Crippen LogP contribution in [-0.4, -0.2) is 34.1 Å². The highest BCUT2D eigenvalue weighted by Gasteiger charge is 2.49. The summed E-state index contributed by atoms with van der Waals surface area (Å²) in [7, 11) is 0. The Hall–Kier alpha value is -3.37. The van der Waals surface area contributed by atoms with E-state index in [0.717, 1.165) is 12.3 Å². The summed E-state index contributed by atoms with van der Waals surface area (Å²) in [4.78, 5) is 33.9. The summed E-state index contributed by atoms with van der Waals surface area (Å²) >= 11 is 0. The van der Waals surface area contributed by atoms with Crippen LogP contribution in [0.3, 0.4) is 0 Å². The van der Waals surface area contributed by atoms with Crippen LogP contribution in [0.4, 0.5) is 35.2 Å². The fraction of sp³-hybridized carbons (Fsp3) is 0.400. The van der Waals surface area contributed by atoms with Gasteiger partial charge in [-0.3, -0.25) is 9.69 Å². The predicted octanol–water partition coefficient (Wildman–Crippen LogP) is 3.60. The van der Waals surface area contributed by atoms with Crippen molar-refractivity contribution in [1.29, 1.82) is 0 Å². The summed E-state index contributed by atoms with van der Waals surface area (Å²) < 4.78 is 44.3. The zero-order valence-corrected chi connectivity index (χ0v) is 16.4. The van der Waals surface area contributed by atoms with E-state index in [0.29, 0.717) is 38.0 Å². The average molecular weight is 435 g/mol. The molecule has 2 fully saturated rings. The lowest BCUT2D eigenvalue weighted by atomic mass is 9.78. The molecule has 8 nitrogen and oxygen atoms in total. The van der Waals surface area contributed by atoms with Gasteiger partial charge in [-0.1, -0.05) is 6.07 Å². The number of carbonyl (C=O) groups is 2. The Bertz CT molecular complexity index is 991. The maximum Gasteiger partial charge on any atom is 0.433 e. The van der Waals surface area contributed by atoms with Gasteiger partial charge in [0.1, 0.15) is 17.1 Å². The summed E-state index contributed by atoms with van der Waals surface area (Å²) in [6.45, 7) is 0.337. The van der Waals surface area contributed by atoms with Crippen LogP contribution in [-0.2, 0) is 15.7 Å². The zero-order valence-electron chi connectivity index (χ0n) is 16.4. The minimum atomic E-state index is -4.64. The van der Waals surface area contributed by atoms with Gasteiger partial charge in [0.2, 0.25) is 5.91 Å². The van der Waals surface area contributed by atoms with Crippen LogP contribution < -0.4 is 16.0 Å². The smallest absolute Gasteiger partial charge is 0.433 e. The molecule has 1 saturated heterocycles. The van der Waals surface area contributed by atoms with E-state index in [-0.39, 0.29) is 11.4 Å². The number of anilines is 3. The molecular formula is C20H20F3N5O3. The van der Waals surface area contributed by atoms with Gasteiger partial charge >= 0.3 is 12.3 Å². The van der Waals surface area contributed by atoms with Crippen LogP contribution in [0.15, 0.2) is 36.7 Å². The number of nitrogen functional groups attached to an aromatic ring is 1. The van der Waals surface area contributed by atoms with Gasteiger partial charge in [0.25, 0.3) is 0 Å². The third kappa shape index (κ3) is 4.25. The first-order valence-corrected chi connectivity index (χ1v) is 9.72. The molecule has 2 aromatic heterocycles. The molecule has 1 aliphatic carbocycles. The third-order valence-electron chi connectivity index (χ3n) is 5.65. The van der Waals surface area contributed by atoms with Crippen LogP contribution in [0.1, 0.15) is 31.4 Å². The maximum atomic E-state index is 12.9. The number of rotatable bonds is 3. The van der Waals surface area contributed by atoms with Crippen molar-refractivity contribution in [3.05, 3.63) is 42.4 Å². The van der Waals surface area contributed by atoms with Crippen molar-refractivity contribution in [1.82, 2.24) is 9.97 Å². The topological polar surface area (TPSA) is 110 Å². The molecule has 164 valence electrons. The van der Waals surface area contributed by atoms with Crippen molar-refractivity contribution in [3.63, 3.8) is 0 Å². The van der Waals surface area contributed by atoms with E-state index < -0.39 is 35.4 Å². The molecule has 2 aliphatic rings. The lowest BCUT2D eigenvalue weighted by molar-refractivity contribution is -0.141. The van der Waals surface area contributed by atoms with Crippen LogP contribution >= 0.6 is 0 Å². The Kier molecular flexibility index (Phi) is 5.19. The molecule has 1 saturated carbocycles. The first-order chi connectivity index (χ1) is 14.7. The van der Waals surface area contributed by atoms with Crippen LogP contribution in [0.25, 0.3) is 0 Å². The molecule has 0 bridgehead atoms. The second-order valence-electron chi connectivity index (χ2n) is 7.74. The van der Waals surface area contributed by atoms with Gasteiger partial charge in [0, 0.05) is 12.1 Å². The lowest BCUT2D eigenvalue weighted by Gasteiger charge is -2.34. The van der Waals surface area contributed by atoms with Gasteiger partial charge in [-0.2, -0.15) is 13.2 Å². The Morgan fingerprint density at radius 3 is 2.65 bits per heavy atom. The standard InChI is InChI=1S/C20H20F3N5O3/c21-20(22,23)15-9-14(13(24)10-26-15)27-17(29)12-4-6-19(7-5-12)11-28(18(30)31-19)16-3-1-2-8-25-16/h1-3,8-10,12H,4-7,11,24H2,(H,26,27,29). The largest absolute Gasteiger partial charge is 0.441 e. The fourth-order valence-electron chi connectivity index (χ4n) is 3.94. The van der Waals surface area contributed by atoms with Gasteiger partial charge in [-0.15, -0.1) is 0 Å². The monoisotopic (exact) mass is 435 g/mol. The molecule has 2 amide bonds. The van der Waals surface area contributed by atoms with Crippen molar-refractivity contribution in [2.24, 2.45) is 5.92 Å². The molecule has 0 atom stereocenters. The number of hydrogen-bond acceptors (Lipinski definition) is 6. The van der Waals surface area contributed by atoms with Gasteiger partial charge in [0.15, 0.2) is 0 Å². The number of alkyl halides is 3. The highest BCUT2D eigenvalue weighted by atomic mass is 19.4. The van der Waals surface area contributed by atoms with Crippen molar-refractivity contribution >= 4 is 29.2 Å². The number of nitrogens with zero attached hydrogens (tertiary/aromatic N) is 3. The number of halogens is 3. The number of ether oxygens (including phenoxy) is 1. The molecule has 2 aromatic rings. The van der Waals surface area contributed by atoms with E-state index in [4.69, 9.17) is 10.5 Å². The van der Waals surface area contributed by atoms with Crippen molar-refractivity contribution in [3.8, 4) is 0 Å². The molecule has 1 aliphatic heterocycles. The number of nitrogens with two attached hydrogens (primary N) is 1. The van der Waals surface area contributed by atoms with Gasteiger partial charge in [0.05, 0.1) is 24.1 Å². The Labute approximate surface area is 175 Å². The summed E-state index contributed by atoms with van der Waals surface area (Å²) in [5.41, 5.74) is 3.67. The summed E-state index contributed by atoms with van der Waals surface area (Å²) in [6.07, 6.45) is -0.901. The Morgan fingerprint density at radius 2 is 2.00 bits per heavy atom.